The number of nitrogens with zero attached hydrogens (tertiary/aromatic N) is 2. The second kappa shape index (κ2) is 6.05. The van der Waals surface area contributed by atoms with Gasteiger partial charge >= 0.3 is 6.03 Å². The molecule has 118 valence electrons. The largest absolute Gasteiger partial charge is 0.493 e. The molecular weight excluding hydrogens is 286 g/mol. The molecule has 1 fully saturated rings. The Bertz CT molecular complexity index is 629. The molecule has 0 aliphatic carbocycles. The van der Waals surface area contributed by atoms with E-state index in [0.29, 0.717) is 23.5 Å². The molecule has 7 nitrogen and oxygen atoms in total. The summed E-state index contributed by atoms with van der Waals surface area (Å²) in [4.78, 5) is 24.0. The summed E-state index contributed by atoms with van der Waals surface area (Å²) >= 11 is 0. The third-order valence-electron chi connectivity index (χ3n) is 3.68. The molecule has 1 aliphatic rings. The third-order valence-corrected chi connectivity index (χ3v) is 3.68. The van der Waals surface area contributed by atoms with Gasteiger partial charge in [0, 0.05) is 0 Å². The first-order valence-corrected chi connectivity index (χ1v) is 6.88. The van der Waals surface area contributed by atoms with Gasteiger partial charge in [-0.1, -0.05) is 6.92 Å². The van der Waals surface area contributed by atoms with E-state index in [0.717, 1.165) is 5.01 Å². The number of nitrogens with one attached hydrogen (secondary N) is 1. The van der Waals surface area contributed by atoms with Crippen LogP contribution in [0.2, 0.25) is 0 Å². The van der Waals surface area contributed by atoms with Crippen LogP contribution in [0.4, 0.5) is 4.79 Å². The van der Waals surface area contributed by atoms with Crippen molar-refractivity contribution in [1.29, 1.82) is 0 Å². The molecule has 0 spiro atoms. The number of benzene rings is 1. The van der Waals surface area contributed by atoms with Crippen molar-refractivity contribution in [3.05, 3.63) is 23.8 Å². The predicted molar refractivity (Wildman–Crippen MR) is 81.2 cm³/mol. The zero-order valence-corrected chi connectivity index (χ0v) is 13.0. The number of methoxy groups -OCH3 is 2. The maximum absolute atomic E-state index is 12.2. The first-order chi connectivity index (χ1) is 10.4. The smallest absolute Gasteiger partial charge is 0.346 e. The topological polar surface area (TPSA) is 80.2 Å². The van der Waals surface area contributed by atoms with Gasteiger partial charge in [-0.2, -0.15) is 5.10 Å². The van der Waals surface area contributed by atoms with Crippen molar-refractivity contribution in [2.24, 2.45) is 5.10 Å². The minimum atomic E-state index is -0.897. The van der Waals surface area contributed by atoms with Crippen molar-refractivity contribution in [2.75, 3.05) is 14.2 Å². The summed E-state index contributed by atoms with van der Waals surface area (Å²) in [7, 11) is 3.08. The molecule has 1 atom stereocenters. The number of hydrogen-bond donors (Lipinski definition) is 1. The highest BCUT2D eigenvalue weighted by Gasteiger charge is 2.46. The highest BCUT2D eigenvalue weighted by Crippen LogP contribution is 2.27. The number of hydrazone groups is 1. The Kier molecular flexibility index (Phi) is 4.35. The van der Waals surface area contributed by atoms with Crippen LogP contribution in [0.5, 0.6) is 11.5 Å². The van der Waals surface area contributed by atoms with E-state index in [1.165, 1.54) is 13.3 Å². The van der Waals surface area contributed by atoms with Crippen LogP contribution < -0.4 is 14.8 Å². The number of rotatable bonds is 5. The minimum absolute atomic E-state index is 0.364. The maximum atomic E-state index is 12.2. The zero-order valence-electron chi connectivity index (χ0n) is 13.0. The summed E-state index contributed by atoms with van der Waals surface area (Å²) in [5, 5.41) is 7.46. The van der Waals surface area contributed by atoms with Gasteiger partial charge in [-0.05, 0) is 37.1 Å². The van der Waals surface area contributed by atoms with E-state index in [4.69, 9.17) is 9.47 Å². The Labute approximate surface area is 128 Å². The lowest BCUT2D eigenvalue weighted by molar-refractivity contribution is -0.130. The lowest BCUT2D eigenvalue weighted by Gasteiger charge is -2.17. The Morgan fingerprint density at radius 2 is 1.95 bits per heavy atom. The van der Waals surface area contributed by atoms with Crippen LogP contribution in [-0.4, -0.2) is 42.9 Å². The molecule has 22 heavy (non-hydrogen) atoms. The van der Waals surface area contributed by atoms with E-state index < -0.39 is 11.6 Å². The number of ether oxygens (including phenoxy) is 2. The standard InChI is InChI=1S/C15H19N3O4/c1-5-15(2)13(19)18(14(20)17-15)16-9-10-6-7-11(21-3)12(8-10)22-4/h6-9H,5H2,1-4H3,(H,17,20)/b16-9-/t15-/m1/s1. The first kappa shape index (κ1) is 15.8. The second-order valence-electron chi connectivity index (χ2n) is 5.09. The van der Waals surface area contributed by atoms with E-state index in [1.807, 2.05) is 6.92 Å². The Balaban J connectivity index is 2.22. The van der Waals surface area contributed by atoms with Gasteiger partial charge in [0.05, 0.1) is 20.4 Å². The molecule has 0 unspecified atom stereocenters. The quantitative estimate of drug-likeness (QED) is 0.664. The lowest BCUT2D eigenvalue weighted by Crippen LogP contribution is -2.42. The van der Waals surface area contributed by atoms with E-state index >= 15 is 0 Å². The van der Waals surface area contributed by atoms with Gasteiger partial charge in [0.2, 0.25) is 0 Å². The molecule has 0 aromatic heterocycles. The van der Waals surface area contributed by atoms with Crippen LogP contribution in [0, 0.1) is 0 Å². The third kappa shape index (κ3) is 2.74. The molecule has 0 saturated carbocycles. The molecular formula is C15H19N3O4. The molecule has 2 rings (SSSR count). The van der Waals surface area contributed by atoms with Crippen LogP contribution in [-0.2, 0) is 4.79 Å². The van der Waals surface area contributed by atoms with Crippen molar-refractivity contribution in [3.8, 4) is 11.5 Å². The van der Waals surface area contributed by atoms with Gasteiger partial charge in [0.25, 0.3) is 5.91 Å². The van der Waals surface area contributed by atoms with Gasteiger partial charge in [0.15, 0.2) is 11.5 Å². The molecule has 7 heteroatoms. The molecule has 1 aliphatic heterocycles. The summed E-state index contributed by atoms with van der Waals surface area (Å²) < 4.78 is 10.3. The van der Waals surface area contributed by atoms with E-state index in [9.17, 15) is 9.59 Å². The van der Waals surface area contributed by atoms with Gasteiger partial charge < -0.3 is 14.8 Å². The minimum Gasteiger partial charge on any atom is -0.493 e. The van der Waals surface area contributed by atoms with E-state index in [-0.39, 0.29) is 5.91 Å². The molecule has 1 N–H and O–H groups in total. The van der Waals surface area contributed by atoms with Crippen molar-refractivity contribution < 1.29 is 19.1 Å². The molecule has 1 aromatic carbocycles. The molecule has 1 heterocycles. The molecule has 1 saturated heterocycles. The van der Waals surface area contributed by atoms with Crippen LogP contribution in [0.15, 0.2) is 23.3 Å². The summed E-state index contributed by atoms with van der Waals surface area (Å²) in [5.41, 5.74) is -0.213. The molecule has 1 aromatic rings. The Hall–Kier alpha value is -2.57. The normalized spacial score (nSPS) is 21.4. The van der Waals surface area contributed by atoms with Crippen molar-refractivity contribution in [2.45, 2.75) is 25.8 Å². The maximum Gasteiger partial charge on any atom is 0.346 e. The average Bonchev–Trinajstić information content (AvgIpc) is 2.75. The Morgan fingerprint density at radius 1 is 1.27 bits per heavy atom. The zero-order chi connectivity index (χ0) is 16.3. The highest BCUT2D eigenvalue weighted by atomic mass is 16.5. The number of hydrogen-bond acceptors (Lipinski definition) is 5. The molecule has 0 radical (unpaired) electrons. The van der Waals surface area contributed by atoms with E-state index in [2.05, 4.69) is 10.4 Å². The van der Waals surface area contributed by atoms with Crippen LogP contribution in [0.3, 0.4) is 0 Å². The van der Waals surface area contributed by atoms with Crippen molar-refractivity contribution in [3.63, 3.8) is 0 Å². The fourth-order valence-corrected chi connectivity index (χ4v) is 2.07. The van der Waals surface area contributed by atoms with E-state index in [1.54, 1.807) is 32.2 Å². The summed E-state index contributed by atoms with van der Waals surface area (Å²) in [6, 6.07) is 4.66. The van der Waals surface area contributed by atoms with Crippen molar-refractivity contribution in [1.82, 2.24) is 10.3 Å². The van der Waals surface area contributed by atoms with Gasteiger partial charge in [0.1, 0.15) is 5.54 Å². The Morgan fingerprint density at radius 3 is 2.50 bits per heavy atom. The van der Waals surface area contributed by atoms with Crippen molar-refractivity contribution >= 4 is 18.2 Å². The van der Waals surface area contributed by atoms with Gasteiger partial charge in [-0.3, -0.25) is 4.79 Å². The first-order valence-electron chi connectivity index (χ1n) is 6.88. The fourth-order valence-electron chi connectivity index (χ4n) is 2.07. The molecule has 3 amide bonds. The monoisotopic (exact) mass is 305 g/mol. The molecule has 0 bridgehead atoms. The fraction of sp³-hybridized carbons (Fsp3) is 0.400. The van der Waals surface area contributed by atoms with Crippen LogP contribution >= 0.6 is 0 Å². The van der Waals surface area contributed by atoms with Gasteiger partial charge in [-0.25, -0.2) is 4.79 Å². The number of amides is 3. The average molecular weight is 305 g/mol. The van der Waals surface area contributed by atoms with Crippen LogP contribution in [0.1, 0.15) is 25.8 Å². The second-order valence-corrected chi connectivity index (χ2v) is 5.09. The van der Waals surface area contributed by atoms with Crippen LogP contribution in [0.25, 0.3) is 0 Å². The van der Waals surface area contributed by atoms with Gasteiger partial charge in [-0.15, -0.1) is 5.01 Å². The SMILES string of the molecule is CC[C@@]1(C)NC(=O)N(/N=C\c2ccc(OC)c(OC)c2)C1=O. The summed E-state index contributed by atoms with van der Waals surface area (Å²) in [5.74, 6) is 0.770. The predicted octanol–water partition coefficient (Wildman–Crippen LogP) is 1.76. The number of carbonyl (C=O) groups excluding carboxylic acids is 2. The number of carbonyl (C=O) groups is 2. The summed E-state index contributed by atoms with van der Waals surface area (Å²) in [6.45, 7) is 3.51. The lowest BCUT2D eigenvalue weighted by atomic mass is 10.00. The number of urea groups is 1. The highest BCUT2D eigenvalue weighted by molar-refractivity contribution is 6.07. The summed E-state index contributed by atoms with van der Waals surface area (Å²) in [6.07, 6.45) is 1.93. The number of imide groups is 1.